The van der Waals surface area contributed by atoms with Gasteiger partial charge in [-0.2, -0.15) is 0 Å². The Morgan fingerprint density at radius 2 is 1.82 bits per heavy atom. The Bertz CT molecular complexity index is 505. The van der Waals surface area contributed by atoms with Crippen LogP contribution in [-0.4, -0.2) is 40.2 Å². The zero-order valence-electron chi connectivity index (χ0n) is 13.1. The molecule has 1 N–H and O–H groups in total. The molecular weight excluding hydrogens is 305 g/mol. The number of carboxylic acids is 1. The molecule has 4 nitrogen and oxygen atoms in total. The second-order valence-corrected chi connectivity index (χ2v) is 6.53. The summed E-state index contributed by atoms with van der Waals surface area (Å²) in [7, 11) is 0. The fraction of sp³-hybridized carbons (Fsp3) is 0.500. The fourth-order valence-corrected chi connectivity index (χ4v) is 2.86. The van der Waals surface area contributed by atoms with Gasteiger partial charge in [-0.25, -0.2) is 4.39 Å². The molecular formula is C16H22FNO3S. The second-order valence-electron chi connectivity index (χ2n) is 5.44. The predicted octanol–water partition coefficient (Wildman–Crippen LogP) is 3.27. The molecule has 0 fully saturated rings. The standard InChI is InChI=1S/C16H22FNO3S/c1-11(2)18(9-8-15(19)20)16(21)12(3)10-22-14-6-4-13(17)5-7-14/h4-7,11-12H,8-10H2,1-3H3,(H,19,20). The van der Waals surface area contributed by atoms with Crippen molar-refractivity contribution in [2.24, 2.45) is 5.92 Å². The first-order chi connectivity index (χ1) is 10.3. The summed E-state index contributed by atoms with van der Waals surface area (Å²) < 4.78 is 12.8. The maximum absolute atomic E-state index is 12.8. The molecule has 0 aliphatic heterocycles. The highest BCUT2D eigenvalue weighted by atomic mass is 32.2. The van der Waals surface area contributed by atoms with Crippen molar-refractivity contribution in [1.82, 2.24) is 4.90 Å². The molecule has 1 amide bonds. The first-order valence-corrected chi connectivity index (χ1v) is 8.20. The number of hydrogen-bond donors (Lipinski definition) is 1. The number of carboxylic acid groups (broad SMARTS) is 1. The predicted molar refractivity (Wildman–Crippen MR) is 85.4 cm³/mol. The second kappa shape index (κ2) is 8.78. The highest BCUT2D eigenvalue weighted by Gasteiger charge is 2.23. The minimum Gasteiger partial charge on any atom is -0.481 e. The quantitative estimate of drug-likeness (QED) is 0.745. The van der Waals surface area contributed by atoms with Crippen LogP contribution in [-0.2, 0) is 9.59 Å². The smallest absolute Gasteiger partial charge is 0.305 e. The molecule has 22 heavy (non-hydrogen) atoms. The normalized spacial score (nSPS) is 12.2. The number of nitrogens with zero attached hydrogens (tertiary/aromatic N) is 1. The number of thioether (sulfide) groups is 1. The summed E-state index contributed by atoms with van der Waals surface area (Å²) in [5, 5.41) is 8.77. The summed E-state index contributed by atoms with van der Waals surface area (Å²) >= 11 is 1.49. The van der Waals surface area contributed by atoms with Gasteiger partial charge in [0.2, 0.25) is 5.91 Å². The Kier molecular flexibility index (Phi) is 7.38. The molecule has 0 spiro atoms. The Morgan fingerprint density at radius 3 is 2.32 bits per heavy atom. The van der Waals surface area contributed by atoms with Crippen LogP contribution >= 0.6 is 11.8 Å². The number of aliphatic carboxylic acids is 1. The van der Waals surface area contributed by atoms with Gasteiger partial charge in [0, 0.05) is 29.2 Å². The van der Waals surface area contributed by atoms with E-state index in [1.165, 1.54) is 23.9 Å². The van der Waals surface area contributed by atoms with E-state index < -0.39 is 5.97 Å². The Balaban J connectivity index is 2.57. The van der Waals surface area contributed by atoms with Gasteiger partial charge >= 0.3 is 5.97 Å². The van der Waals surface area contributed by atoms with Crippen LogP contribution in [0.4, 0.5) is 4.39 Å². The Labute approximate surface area is 134 Å². The number of rotatable bonds is 8. The molecule has 6 heteroatoms. The highest BCUT2D eigenvalue weighted by molar-refractivity contribution is 7.99. The minimum absolute atomic E-state index is 0.0369. The summed E-state index contributed by atoms with van der Waals surface area (Å²) in [5.41, 5.74) is 0. The summed E-state index contributed by atoms with van der Waals surface area (Å²) in [6.45, 7) is 5.80. The monoisotopic (exact) mass is 327 g/mol. The van der Waals surface area contributed by atoms with Crippen molar-refractivity contribution in [3.63, 3.8) is 0 Å². The number of carbonyl (C=O) groups is 2. The van der Waals surface area contributed by atoms with E-state index in [2.05, 4.69) is 0 Å². The minimum atomic E-state index is -0.910. The van der Waals surface area contributed by atoms with Crippen LogP contribution < -0.4 is 0 Å². The van der Waals surface area contributed by atoms with Crippen molar-refractivity contribution >= 4 is 23.6 Å². The third-order valence-corrected chi connectivity index (χ3v) is 4.48. The van der Waals surface area contributed by atoms with Crippen molar-refractivity contribution in [3.8, 4) is 0 Å². The van der Waals surface area contributed by atoms with Crippen molar-refractivity contribution in [2.75, 3.05) is 12.3 Å². The average molecular weight is 327 g/mol. The molecule has 1 unspecified atom stereocenters. The lowest BCUT2D eigenvalue weighted by molar-refractivity contribution is -0.140. The summed E-state index contributed by atoms with van der Waals surface area (Å²) in [6.07, 6.45) is -0.0538. The molecule has 0 saturated carbocycles. The van der Waals surface area contributed by atoms with Gasteiger partial charge in [-0.1, -0.05) is 6.92 Å². The van der Waals surface area contributed by atoms with Crippen molar-refractivity contribution in [3.05, 3.63) is 30.1 Å². The van der Waals surface area contributed by atoms with Crippen LogP contribution in [0.5, 0.6) is 0 Å². The largest absolute Gasteiger partial charge is 0.481 e. The van der Waals surface area contributed by atoms with Gasteiger partial charge in [-0.05, 0) is 38.1 Å². The lowest BCUT2D eigenvalue weighted by atomic mass is 10.1. The van der Waals surface area contributed by atoms with E-state index in [9.17, 15) is 14.0 Å². The van der Waals surface area contributed by atoms with Crippen LogP contribution in [0.1, 0.15) is 27.2 Å². The summed E-state index contributed by atoms with van der Waals surface area (Å²) in [5.74, 6) is -0.905. The third kappa shape index (κ3) is 6.05. The molecule has 0 aliphatic carbocycles. The van der Waals surface area contributed by atoms with E-state index in [1.807, 2.05) is 20.8 Å². The van der Waals surface area contributed by atoms with Crippen LogP contribution in [0, 0.1) is 11.7 Å². The highest BCUT2D eigenvalue weighted by Crippen LogP contribution is 2.22. The van der Waals surface area contributed by atoms with Gasteiger partial charge in [-0.15, -0.1) is 11.8 Å². The van der Waals surface area contributed by atoms with Gasteiger partial charge in [0.05, 0.1) is 6.42 Å². The van der Waals surface area contributed by atoms with Gasteiger partial charge in [0.25, 0.3) is 0 Å². The maximum atomic E-state index is 12.8. The van der Waals surface area contributed by atoms with Gasteiger partial charge in [0.1, 0.15) is 5.82 Å². The number of carbonyl (C=O) groups excluding carboxylic acids is 1. The van der Waals surface area contributed by atoms with Crippen molar-refractivity contribution in [2.45, 2.75) is 38.1 Å². The molecule has 1 rings (SSSR count). The molecule has 0 bridgehead atoms. The average Bonchev–Trinajstić information content (AvgIpc) is 2.45. The van der Waals surface area contributed by atoms with Crippen LogP contribution in [0.25, 0.3) is 0 Å². The topological polar surface area (TPSA) is 57.6 Å². The molecule has 1 atom stereocenters. The molecule has 0 aromatic heterocycles. The SMILES string of the molecule is CC(CSc1ccc(F)cc1)C(=O)N(CCC(=O)O)C(C)C. The van der Waals surface area contributed by atoms with Crippen LogP contribution in [0.2, 0.25) is 0 Å². The third-order valence-electron chi connectivity index (χ3n) is 3.21. The fourth-order valence-electron chi connectivity index (χ4n) is 1.95. The number of halogens is 1. The first kappa shape index (κ1) is 18.5. The van der Waals surface area contributed by atoms with E-state index in [1.54, 1.807) is 17.0 Å². The number of benzene rings is 1. The van der Waals surface area contributed by atoms with E-state index in [-0.39, 0.29) is 36.6 Å². The molecule has 1 aromatic rings. The summed E-state index contributed by atoms with van der Waals surface area (Å²) in [6, 6.07) is 6.11. The lowest BCUT2D eigenvalue weighted by Crippen LogP contribution is -2.42. The van der Waals surface area contributed by atoms with Crippen molar-refractivity contribution < 1.29 is 19.1 Å². The Hall–Kier alpha value is -1.56. The van der Waals surface area contributed by atoms with Gasteiger partial charge < -0.3 is 10.0 Å². The Morgan fingerprint density at radius 1 is 1.23 bits per heavy atom. The van der Waals surface area contributed by atoms with Gasteiger partial charge in [-0.3, -0.25) is 9.59 Å². The summed E-state index contributed by atoms with van der Waals surface area (Å²) in [4.78, 5) is 25.6. The number of amides is 1. The molecule has 1 aromatic carbocycles. The zero-order valence-corrected chi connectivity index (χ0v) is 13.9. The van der Waals surface area contributed by atoms with E-state index in [0.29, 0.717) is 5.75 Å². The van der Waals surface area contributed by atoms with Crippen molar-refractivity contribution in [1.29, 1.82) is 0 Å². The van der Waals surface area contributed by atoms with E-state index >= 15 is 0 Å². The van der Waals surface area contributed by atoms with E-state index in [4.69, 9.17) is 5.11 Å². The lowest BCUT2D eigenvalue weighted by Gasteiger charge is -2.29. The molecule has 122 valence electrons. The molecule has 0 radical (unpaired) electrons. The van der Waals surface area contributed by atoms with E-state index in [0.717, 1.165) is 4.90 Å². The number of hydrogen-bond acceptors (Lipinski definition) is 3. The molecule has 0 aliphatic rings. The molecule has 0 heterocycles. The maximum Gasteiger partial charge on any atom is 0.305 e. The van der Waals surface area contributed by atoms with Crippen LogP contribution in [0.15, 0.2) is 29.2 Å². The first-order valence-electron chi connectivity index (χ1n) is 7.22. The van der Waals surface area contributed by atoms with Crippen LogP contribution in [0.3, 0.4) is 0 Å². The van der Waals surface area contributed by atoms with Gasteiger partial charge in [0.15, 0.2) is 0 Å². The zero-order chi connectivity index (χ0) is 16.7. The molecule has 0 saturated heterocycles.